The molecular formula is C14H10BrFN2O. The van der Waals surface area contributed by atoms with Crippen molar-refractivity contribution in [3.05, 3.63) is 51.9 Å². The Balaban J connectivity index is 2.36. The summed E-state index contributed by atoms with van der Waals surface area (Å²) in [5, 5.41) is 8.69. The van der Waals surface area contributed by atoms with E-state index in [1.54, 1.807) is 18.2 Å². The van der Waals surface area contributed by atoms with Crippen LogP contribution in [0.15, 0.2) is 34.8 Å². The van der Waals surface area contributed by atoms with Crippen LogP contribution in [0.2, 0.25) is 0 Å². The second kappa shape index (κ2) is 5.81. The lowest BCUT2D eigenvalue weighted by Crippen LogP contribution is -1.97. The summed E-state index contributed by atoms with van der Waals surface area (Å²) >= 11 is 3.22. The number of benzene rings is 1. The second-order valence-corrected chi connectivity index (χ2v) is 4.75. The van der Waals surface area contributed by atoms with E-state index in [0.29, 0.717) is 10.4 Å². The van der Waals surface area contributed by atoms with Gasteiger partial charge in [0.25, 0.3) is 0 Å². The van der Waals surface area contributed by atoms with Gasteiger partial charge in [-0.05, 0) is 25.1 Å². The molecule has 0 saturated heterocycles. The maximum Gasteiger partial charge on any atom is 0.219 e. The third-order valence-corrected chi connectivity index (χ3v) is 3.23. The van der Waals surface area contributed by atoms with Gasteiger partial charge in [-0.15, -0.1) is 0 Å². The van der Waals surface area contributed by atoms with Crippen molar-refractivity contribution in [2.75, 3.05) is 0 Å². The van der Waals surface area contributed by atoms with Crippen molar-refractivity contribution in [1.29, 1.82) is 5.26 Å². The van der Waals surface area contributed by atoms with E-state index in [1.807, 2.05) is 19.1 Å². The molecule has 0 N–H and O–H groups in total. The Morgan fingerprint density at radius 2 is 2.16 bits per heavy atom. The fourth-order valence-electron chi connectivity index (χ4n) is 1.58. The number of ether oxygens (including phenoxy) is 1. The summed E-state index contributed by atoms with van der Waals surface area (Å²) in [7, 11) is 0. The Labute approximate surface area is 118 Å². The number of pyridine rings is 1. The van der Waals surface area contributed by atoms with E-state index in [9.17, 15) is 4.39 Å². The average Bonchev–Trinajstić information content (AvgIpc) is 2.38. The molecule has 0 unspecified atom stereocenters. The highest BCUT2D eigenvalue weighted by Gasteiger charge is 2.14. The average molecular weight is 321 g/mol. The number of nitriles is 1. The Morgan fingerprint density at radius 1 is 1.37 bits per heavy atom. The lowest BCUT2D eigenvalue weighted by atomic mass is 10.1. The van der Waals surface area contributed by atoms with Gasteiger partial charge in [0.2, 0.25) is 5.88 Å². The minimum atomic E-state index is -0.542. The molecule has 0 aliphatic heterocycles. The van der Waals surface area contributed by atoms with Crippen molar-refractivity contribution in [3.63, 3.8) is 0 Å². The van der Waals surface area contributed by atoms with Crippen LogP contribution in [-0.2, 0) is 6.42 Å². The normalized spacial score (nSPS) is 10.0. The molecule has 96 valence electrons. The van der Waals surface area contributed by atoms with Crippen molar-refractivity contribution in [3.8, 4) is 17.7 Å². The van der Waals surface area contributed by atoms with Gasteiger partial charge in [-0.1, -0.05) is 22.0 Å². The maximum absolute atomic E-state index is 14.2. The van der Waals surface area contributed by atoms with Gasteiger partial charge in [0.05, 0.1) is 12.5 Å². The maximum atomic E-state index is 14.2. The summed E-state index contributed by atoms with van der Waals surface area (Å²) in [6.45, 7) is 1.83. The van der Waals surface area contributed by atoms with Crippen LogP contribution in [0.1, 0.15) is 11.3 Å². The molecule has 0 atom stereocenters. The molecule has 0 radical (unpaired) electrons. The van der Waals surface area contributed by atoms with E-state index in [4.69, 9.17) is 10.00 Å². The number of hydrogen-bond donors (Lipinski definition) is 0. The molecule has 1 aromatic heterocycles. The fourth-order valence-corrected chi connectivity index (χ4v) is 2.03. The van der Waals surface area contributed by atoms with Gasteiger partial charge in [0, 0.05) is 21.8 Å². The van der Waals surface area contributed by atoms with Crippen molar-refractivity contribution in [1.82, 2.24) is 4.98 Å². The summed E-state index contributed by atoms with van der Waals surface area (Å²) in [5.41, 5.74) is 1.07. The van der Waals surface area contributed by atoms with Crippen LogP contribution in [0.3, 0.4) is 0 Å². The number of nitrogens with zero attached hydrogens (tertiary/aromatic N) is 2. The molecule has 0 fully saturated rings. The van der Waals surface area contributed by atoms with Crippen LogP contribution in [0.25, 0.3) is 0 Å². The van der Waals surface area contributed by atoms with Crippen molar-refractivity contribution < 1.29 is 9.13 Å². The molecule has 1 aromatic carbocycles. The highest BCUT2D eigenvalue weighted by molar-refractivity contribution is 9.10. The standard InChI is InChI=1S/C14H10BrFN2O/c1-9-3-2-4-13(18-9)19-12-6-5-11(15)10(7-8-17)14(12)16/h2-6H,7H2,1H3. The molecule has 0 saturated carbocycles. The summed E-state index contributed by atoms with van der Waals surface area (Å²) in [4.78, 5) is 4.14. The van der Waals surface area contributed by atoms with Gasteiger partial charge in [-0.3, -0.25) is 0 Å². The zero-order valence-corrected chi connectivity index (χ0v) is 11.7. The minimum absolute atomic E-state index is 0.0230. The predicted molar refractivity (Wildman–Crippen MR) is 72.5 cm³/mol. The van der Waals surface area contributed by atoms with Gasteiger partial charge < -0.3 is 4.74 Å². The Morgan fingerprint density at radius 3 is 2.84 bits per heavy atom. The zero-order valence-electron chi connectivity index (χ0n) is 10.2. The summed E-state index contributed by atoms with van der Waals surface area (Å²) in [6.07, 6.45) is -0.0230. The topological polar surface area (TPSA) is 45.9 Å². The molecule has 0 aliphatic rings. The van der Waals surface area contributed by atoms with Gasteiger partial charge in [0.1, 0.15) is 0 Å². The predicted octanol–water partition coefficient (Wildman–Crippen LogP) is 4.15. The third kappa shape index (κ3) is 3.09. The molecule has 2 aromatic rings. The van der Waals surface area contributed by atoms with Gasteiger partial charge in [-0.25, -0.2) is 9.37 Å². The number of aromatic nitrogens is 1. The molecule has 1 heterocycles. The quantitative estimate of drug-likeness (QED) is 0.853. The lowest BCUT2D eigenvalue weighted by molar-refractivity contribution is 0.424. The van der Waals surface area contributed by atoms with Crippen LogP contribution in [0.4, 0.5) is 4.39 Å². The highest BCUT2D eigenvalue weighted by Crippen LogP contribution is 2.30. The van der Waals surface area contributed by atoms with Crippen LogP contribution in [0, 0.1) is 24.1 Å². The number of halogens is 2. The van der Waals surface area contributed by atoms with Gasteiger partial charge >= 0.3 is 0 Å². The van der Waals surface area contributed by atoms with Crippen molar-refractivity contribution in [2.45, 2.75) is 13.3 Å². The SMILES string of the molecule is Cc1cccc(Oc2ccc(Br)c(CC#N)c2F)n1. The van der Waals surface area contributed by atoms with Crippen molar-refractivity contribution >= 4 is 15.9 Å². The number of rotatable bonds is 3. The van der Waals surface area contributed by atoms with Crippen molar-refractivity contribution in [2.24, 2.45) is 0 Å². The highest BCUT2D eigenvalue weighted by atomic mass is 79.9. The van der Waals surface area contributed by atoms with Crippen LogP contribution in [0.5, 0.6) is 11.6 Å². The number of aryl methyl sites for hydroxylation is 1. The van der Waals surface area contributed by atoms with E-state index in [-0.39, 0.29) is 17.7 Å². The molecular weight excluding hydrogens is 311 g/mol. The van der Waals surface area contributed by atoms with E-state index in [0.717, 1.165) is 5.69 Å². The molecule has 5 heteroatoms. The largest absolute Gasteiger partial charge is 0.436 e. The molecule has 3 nitrogen and oxygen atoms in total. The first-order valence-corrected chi connectivity index (χ1v) is 6.36. The van der Waals surface area contributed by atoms with E-state index in [1.165, 1.54) is 6.07 Å². The second-order valence-electron chi connectivity index (χ2n) is 3.89. The summed E-state index contributed by atoms with van der Waals surface area (Å²) < 4.78 is 20.1. The first-order valence-electron chi connectivity index (χ1n) is 5.57. The summed E-state index contributed by atoms with van der Waals surface area (Å²) in [5.74, 6) is -0.157. The molecule has 0 amide bonds. The molecule has 0 aliphatic carbocycles. The minimum Gasteiger partial charge on any atom is -0.436 e. The smallest absolute Gasteiger partial charge is 0.219 e. The lowest BCUT2D eigenvalue weighted by Gasteiger charge is -2.09. The fraction of sp³-hybridized carbons (Fsp3) is 0.143. The molecule has 19 heavy (non-hydrogen) atoms. The first kappa shape index (κ1) is 13.5. The molecule has 0 spiro atoms. The Hall–Kier alpha value is -1.93. The van der Waals surface area contributed by atoms with E-state index < -0.39 is 5.82 Å². The Kier molecular flexibility index (Phi) is 4.13. The first-order chi connectivity index (χ1) is 9.11. The zero-order chi connectivity index (χ0) is 13.8. The van der Waals surface area contributed by atoms with Crippen LogP contribution < -0.4 is 4.74 Å². The van der Waals surface area contributed by atoms with E-state index >= 15 is 0 Å². The monoisotopic (exact) mass is 320 g/mol. The third-order valence-electron chi connectivity index (χ3n) is 2.48. The van der Waals surface area contributed by atoms with Gasteiger partial charge in [-0.2, -0.15) is 5.26 Å². The molecule has 2 rings (SSSR count). The Bertz CT molecular complexity index is 652. The van der Waals surface area contributed by atoms with E-state index in [2.05, 4.69) is 20.9 Å². The van der Waals surface area contributed by atoms with Gasteiger partial charge in [0.15, 0.2) is 11.6 Å². The molecule has 0 bridgehead atoms. The van der Waals surface area contributed by atoms with Crippen LogP contribution >= 0.6 is 15.9 Å². The number of hydrogen-bond acceptors (Lipinski definition) is 3. The summed E-state index contributed by atoms with van der Waals surface area (Å²) in [6, 6.07) is 10.3. The van der Waals surface area contributed by atoms with Crippen LogP contribution in [-0.4, -0.2) is 4.98 Å².